The molecule has 2 amide bonds. The summed E-state index contributed by atoms with van der Waals surface area (Å²) in [5.74, 6) is -0.0860. The number of benzene rings is 2. The van der Waals surface area contributed by atoms with Crippen molar-refractivity contribution in [2.45, 2.75) is 13.5 Å². The van der Waals surface area contributed by atoms with Gasteiger partial charge in [0, 0.05) is 11.4 Å². The SMILES string of the molecule is Cc1ccc(N(Cc2ccc(NC(=O)c3ccco3)cc2)C(=O)c2cccs2)cc1. The van der Waals surface area contributed by atoms with E-state index in [9.17, 15) is 9.59 Å². The largest absolute Gasteiger partial charge is 0.459 e. The van der Waals surface area contributed by atoms with Crippen molar-refractivity contribution in [3.8, 4) is 0 Å². The molecule has 4 rings (SSSR count). The fraction of sp³-hybridized carbons (Fsp3) is 0.0833. The topological polar surface area (TPSA) is 62.6 Å². The Hall–Kier alpha value is -3.64. The van der Waals surface area contributed by atoms with E-state index >= 15 is 0 Å². The molecule has 0 unspecified atom stereocenters. The van der Waals surface area contributed by atoms with E-state index in [0.29, 0.717) is 17.1 Å². The molecule has 4 aromatic rings. The van der Waals surface area contributed by atoms with Gasteiger partial charge in [-0.2, -0.15) is 0 Å². The van der Waals surface area contributed by atoms with Gasteiger partial charge in [0.05, 0.1) is 17.7 Å². The van der Waals surface area contributed by atoms with Gasteiger partial charge in [-0.25, -0.2) is 0 Å². The Balaban J connectivity index is 1.53. The standard InChI is InChI=1S/C24H20N2O3S/c1-17-6-12-20(13-7-17)26(24(28)22-5-3-15-30-22)16-18-8-10-19(11-9-18)25-23(27)21-4-2-14-29-21/h2-15H,16H2,1H3,(H,25,27). The zero-order valence-corrected chi connectivity index (χ0v) is 17.2. The van der Waals surface area contributed by atoms with Crippen molar-refractivity contribution in [3.05, 3.63) is 106 Å². The number of rotatable bonds is 6. The highest BCUT2D eigenvalue weighted by atomic mass is 32.1. The van der Waals surface area contributed by atoms with Gasteiger partial charge in [-0.1, -0.05) is 35.9 Å². The predicted octanol–water partition coefficient (Wildman–Crippen LogP) is 5.75. The number of hydrogen-bond acceptors (Lipinski definition) is 4. The Morgan fingerprint density at radius 3 is 2.37 bits per heavy atom. The number of carbonyl (C=O) groups is 2. The maximum absolute atomic E-state index is 13.1. The minimum atomic E-state index is -0.304. The summed E-state index contributed by atoms with van der Waals surface area (Å²) in [6.07, 6.45) is 1.46. The van der Waals surface area contributed by atoms with E-state index in [-0.39, 0.29) is 17.6 Å². The van der Waals surface area contributed by atoms with Crippen LogP contribution in [-0.2, 0) is 6.54 Å². The number of furan rings is 1. The summed E-state index contributed by atoms with van der Waals surface area (Å²) in [4.78, 5) is 27.7. The Labute approximate surface area is 178 Å². The van der Waals surface area contributed by atoms with Crippen molar-refractivity contribution in [2.75, 3.05) is 10.2 Å². The molecule has 0 spiro atoms. The van der Waals surface area contributed by atoms with Crippen LogP contribution in [-0.4, -0.2) is 11.8 Å². The van der Waals surface area contributed by atoms with E-state index in [2.05, 4.69) is 5.32 Å². The van der Waals surface area contributed by atoms with Gasteiger partial charge in [0.15, 0.2) is 5.76 Å². The maximum atomic E-state index is 13.1. The molecule has 0 atom stereocenters. The van der Waals surface area contributed by atoms with E-state index in [1.165, 1.54) is 17.6 Å². The fourth-order valence-electron chi connectivity index (χ4n) is 3.01. The van der Waals surface area contributed by atoms with Crippen LogP contribution in [0.3, 0.4) is 0 Å². The van der Waals surface area contributed by atoms with Crippen LogP contribution >= 0.6 is 11.3 Å². The second-order valence-electron chi connectivity index (χ2n) is 6.83. The molecule has 2 aromatic heterocycles. The lowest BCUT2D eigenvalue weighted by molar-refractivity contribution is 0.0984. The molecule has 0 bridgehead atoms. The van der Waals surface area contributed by atoms with Crippen LogP contribution in [0.25, 0.3) is 0 Å². The number of nitrogens with one attached hydrogen (secondary N) is 1. The molecule has 0 fully saturated rings. The first kappa shape index (κ1) is 19.7. The van der Waals surface area contributed by atoms with Crippen LogP contribution in [0.1, 0.15) is 31.4 Å². The highest BCUT2D eigenvalue weighted by molar-refractivity contribution is 7.12. The Bertz CT molecular complexity index is 1120. The van der Waals surface area contributed by atoms with Crippen molar-refractivity contribution >= 4 is 34.5 Å². The molecule has 2 aromatic carbocycles. The first-order valence-electron chi connectivity index (χ1n) is 9.46. The monoisotopic (exact) mass is 416 g/mol. The number of nitrogens with zero attached hydrogens (tertiary/aromatic N) is 1. The number of anilines is 2. The number of carbonyl (C=O) groups excluding carboxylic acids is 2. The van der Waals surface area contributed by atoms with Crippen molar-refractivity contribution < 1.29 is 14.0 Å². The second-order valence-corrected chi connectivity index (χ2v) is 7.78. The van der Waals surface area contributed by atoms with E-state index in [4.69, 9.17) is 4.42 Å². The predicted molar refractivity (Wildman–Crippen MR) is 119 cm³/mol. The molecule has 0 saturated heterocycles. The molecule has 0 aliphatic carbocycles. The van der Waals surface area contributed by atoms with Gasteiger partial charge in [-0.05, 0) is 60.3 Å². The minimum Gasteiger partial charge on any atom is -0.459 e. The van der Waals surface area contributed by atoms with Crippen molar-refractivity contribution in [1.29, 1.82) is 0 Å². The van der Waals surface area contributed by atoms with Crippen molar-refractivity contribution in [1.82, 2.24) is 0 Å². The number of aryl methyl sites for hydroxylation is 1. The summed E-state index contributed by atoms with van der Waals surface area (Å²) >= 11 is 1.43. The average Bonchev–Trinajstić information content (AvgIpc) is 3.48. The van der Waals surface area contributed by atoms with Crippen LogP contribution < -0.4 is 10.2 Å². The first-order chi connectivity index (χ1) is 14.6. The third-order valence-corrected chi connectivity index (χ3v) is 5.48. The van der Waals surface area contributed by atoms with Crippen molar-refractivity contribution in [2.24, 2.45) is 0 Å². The summed E-state index contributed by atoms with van der Waals surface area (Å²) in [5, 5.41) is 4.70. The average molecular weight is 417 g/mol. The Morgan fingerprint density at radius 2 is 1.73 bits per heavy atom. The zero-order chi connectivity index (χ0) is 20.9. The normalized spacial score (nSPS) is 10.6. The first-order valence-corrected chi connectivity index (χ1v) is 10.3. The molecule has 0 aliphatic rings. The highest BCUT2D eigenvalue weighted by Crippen LogP contribution is 2.23. The van der Waals surface area contributed by atoms with Crippen LogP contribution in [0.15, 0.2) is 88.9 Å². The third-order valence-electron chi connectivity index (χ3n) is 4.62. The molecule has 0 aliphatic heterocycles. The molecule has 6 heteroatoms. The lowest BCUT2D eigenvalue weighted by Gasteiger charge is -2.23. The second kappa shape index (κ2) is 8.80. The number of amides is 2. The van der Waals surface area contributed by atoms with Gasteiger partial charge in [-0.3, -0.25) is 9.59 Å². The third kappa shape index (κ3) is 4.50. The van der Waals surface area contributed by atoms with Crippen LogP contribution in [0, 0.1) is 6.92 Å². The van der Waals surface area contributed by atoms with Crippen molar-refractivity contribution in [3.63, 3.8) is 0 Å². The lowest BCUT2D eigenvalue weighted by atomic mass is 10.1. The number of thiophene rings is 1. The van der Waals surface area contributed by atoms with E-state index in [1.54, 1.807) is 17.0 Å². The van der Waals surface area contributed by atoms with E-state index < -0.39 is 0 Å². The molecule has 1 N–H and O–H groups in total. The maximum Gasteiger partial charge on any atom is 0.291 e. The summed E-state index contributed by atoms with van der Waals surface area (Å²) in [7, 11) is 0. The van der Waals surface area contributed by atoms with Gasteiger partial charge >= 0.3 is 0 Å². The van der Waals surface area contributed by atoms with Gasteiger partial charge in [0.2, 0.25) is 0 Å². The molecule has 5 nitrogen and oxygen atoms in total. The Kier molecular flexibility index (Phi) is 5.77. The lowest BCUT2D eigenvalue weighted by Crippen LogP contribution is -2.29. The van der Waals surface area contributed by atoms with Gasteiger partial charge in [0.1, 0.15) is 0 Å². The molecule has 0 radical (unpaired) electrons. The summed E-state index contributed by atoms with van der Waals surface area (Å²) in [6.45, 7) is 2.44. The van der Waals surface area contributed by atoms with Gasteiger partial charge in [0.25, 0.3) is 11.8 Å². The van der Waals surface area contributed by atoms with Crippen LogP contribution in [0.4, 0.5) is 11.4 Å². The van der Waals surface area contributed by atoms with Crippen LogP contribution in [0.2, 0.25) is 0 Å². The molecular weight excluding hydrogens is 396 g/mol. The molecular formula is C24H20N2O3S. The molecule has 0 saturated carbocycles. The number of hydrogen-bond donors (Lipinski definition) is 1. The van der Waals surface area contributed by atoms with Gasteiger partial charge < -0.3 is 14.6 Å². The molecule has 2 heterocycles. The fourth-order valence-corrected chi connectivity index (χ4v) is 3.69. The summed E-state index contributed by atoms with van der Waals surface area (Å²) in [5.41, 5.74) is 3.59. The summed E-state index contributed by atoms with van der Waals surface area (Å²) in [6, 6.07) is 22.3. The Morgan fingerprint density at radius 1 is 0.967 bits per heavy atom. The smallest absolute Gasteiger partial charge is 0.291 e. The van der Waals surface area contributed by atoms with Gasteiger partial charge in [-0.15, -0.1) is 11.3 Å². The minimum absolute atomic E-state index is 0.0379. The van der Waals surface area contributed by atoms with E-state index in [1.807, 2.05) is 73.0 Å². The van der Waals surface area contributed by atoms with Crippen LogP contribution in [0.5, 0.6) is 0 Å². The highest BCUT2D eigenvalue weighted by Gasteiger charge is 2.19. The molecule has 150 valence electrons. The summed E-state index contributed by atoms with van der Waals surface area (Å²) < 4.78 is 5.11. The molecule has 30 heavy (non-hydrogen) atoms. The zero-order valence-electron chi connectivity index (χ0n) is 16.4. The quantitative estimate of drug-likeness (QED) is 0.435. The van der Waals surface area contributed by atoms with E-state index in [0.717, 1.165) is 16.8 Å².